The first-order valence-corrected chi connectivity index (χ1v) is 8.24. The van der Waals surface area contributed by atoms with E-state index in [-0.39, 0.29) is 5.91 Å². The summed E-state index contributed by atoms with van der Waals surface area (Å²) in [7, 11) is 3.16. The average Bonchev–Trinajstić information content (AvgIpc) is 3.33. The highest BCUT2D eigenvalue weighted by molar-refractivity contribution is 7.11. The number of amides is 1. The van der Waals surface area contributed by atoms with Gasteiger partial charge in [0.15, 0.2) is 0 Å². The number of nitrogens with zero attached hydrogens (tertiary/aromatic N) is 2. The lowest BCUT2D eigenvalue weighted by Gasteiger charge is -2.08. The molecule has 0 saturated heterocycles. The van der Waals surface area contributed by atoms with Gasteiger partial charge in [0, 0.05) is 10.4 Å². The maximum Gasteiger partial charge on any atom is 0.289 e. The van der Waals surface area contributed by atoms with E-state index in [9.17, 15) is 4.79 Å². The topological polar surface area (TPSA) is 88.6 Å². The fourth-order valence-corrected chi connectivity index (χ4v) is 2.75. The van der Waals surface area contributed by atoms with E-state index in [0.29, 0.717) is 22.9 Å². The van der Waals surface area contributed by atoms with Crippen LogP contribution in [0.3, 0.4) is 0 Å². The number of thiophene rings is 1. The van der Waals surface area contributed by atoms with E-state index in [1.807, 2.05) is 17.5 Å². The summed E-state index contributed by atoms with van der Waals surface area (Å²) in [5.41, 5.74) is 4.05. The molecule has 0 atom stereocenters. The summed E-state index contributed by atoms with van der Waals surface area (Å²) in [6.07, 6.45) is 1.59. The Labute approximate surface area is 148 Å². The van der Waals surface area contributed by atoms with Gasteiger partial charge in [0.25, 0.3) is 5.91 Å². The fourth-order valence-electron chi connectivity index (χ4n) is 2.17. The van der Waals surface area contributed by atoms with Crippen molar-refractivity contribution in [3.8, 4) is 22.8 Å². The second-order valence-corrected chi connectivity index (χ2v) is 5.93. The number of hydrazone groups is 1. The Bertz CT molecular complexity index is 887. The minimum absolute atomic E-state index is 0.295. The summed E-state index contributed by atoms with van der Waals surface area (Å²) in [5.74, 6) is 0.925. The third-order valence-corrected chi connectivity index (χ3v) is 4.21. The number of aromatic nitrogens is 2. The Morgan fingerprint density at radius 3 is 2.88 bits per heavy atom. The molecule has 7 nitrogen and oxygen atoms in total. The van der Waals surface area contributed by atoms with Crippen LogP contribution in [-0.4, -0.2) is 36.5 Å². The van der Waals surface area contributed by atoms with Gasteiger partial charge in [0.1, 0.15) is 17.2 Å². The number of rotatable bonds is 6. The molecule has 2 heterocycles. The predicted octanol–water partition coefficient (Wildman–Crippen LogP) is 2.92. The van der Waals surface area contributed by atoms with Crippen molar-refractivity contribution in [3.05, 3.63) is 52.3 Å². The lowest BCUT2D eigenvalue weighted by molar-refractivity contribution is 0.0950. The molecule has 128 valence electrons. The molecule has 0 unspecified atom stereocenters. The van der Waals surface area contributed by atoms with Crippen molar-refractivity contribution in [2.45, 2.75) is 0 Å². The fraction of sp³-hybridized carbons (Fsp3) is 0.118. The van der Waals surface area contributed by atoms with E-state index < -0.39 is 0 Å². The maximum absolute atomic E-state index is 12.1. The second-order valence-electron chi connectivity index (χ2n) is 4.95. The van der Waals surface area contributed by atoms with Gasteiger partial charge in [-0.15, -0.1) is 11.3 Å². The first-order valence-electron chi connectivity index (χ1n) is 7.36. The van der Waals surface area contributed by atoms with Crippen LogP contribution in [-0.2, 0) is 0 Å². The van der Waals surface area contributed by atoms with Crippen molar-refractivity contribution in [3.63, 3.8) is 0 Å². The molecule has 2 N–H and O–H groups in total. The quantitative estimate of drug-likeness (QED) is 0.525. The zero-order chi connectivity index (χ0) is 17.6. The maximum atomic E-state index is 12.1. The van der Waals surface area contributed by atoms with Crippen LogP contribution in [0, 0.1) is 0 Å². The summed E-state index contributed by atoms with van der Waals surface area (Å²) >= 11 is 1.53. The predicted molar refractivity (Wildman–Crippen MR) is 96.5 cm³/mol. The standard InChI is InChI=1S/C17H16N4O3S/c1-23-11-5-6-16(24-2)13(8-11)14-9-15(20-19-14)17(22)21-18-10-12-4-3-7-25-12/h3-10H,1-2H3,(H,19,20)(H,21,22)/b18-10-. The molecule has 8 heteroatoms. The van der Waals surface area contributed by atoms with Gasteiger partial charge in [-0.1, -0.05) is 6.07 Å². The molecule has 0 fully saturated rings. The van der Waals surface area contributed by atoms with Gasteiger partial charge in [0.2, 0.25) is 0 Å². The minimum Gasteiger partial charge on any atom is -0.497 e. The van der Waals surface area contributed by atoms with Crippen molar-refractivity contribution >= 4 is 23.5 Å². The molecular formula is C17H16N4O3S. The third-order valence-electron chi connectivity index (χ3n) is 3.41. The zero-order valence-electron chi connectivity index (χ0n) is 13.6. The molecule has 0 aliphatic rings. The first-order chi connectivity index (χ1) is 12.2. The lowest BCUT2D eigenvalue weighted by Crippen LogP contribution is -2.17. The number of aromatic amines is 1. The summed E-state index contributed by atoms with van der Waals surface area (Å²) in [4.78, 5) is 13.1. The Morgan fingerprint density at radius 2 is 2.16 bits per heavy atom. The Balaban J connectivity index is 1.77. The van der Waals surface area contributed by atoms with Crippen LogP contribution in [0.5, 0.6) is 11.5 Å². The van der Waals surface area contributed by atoms with E-state index in [2.05, 4.69) is 20.7 Å². The van der Waals surface area contributed by atoms with Gasteiger partial charge >= 0.3 is 0 Å². The molecule has 25 heavy (non-hydrogen) atoms. The van der Waals surface area contributed by atoms with Crippen LogP contribution in [0.25, 0.3) is 11.3 Å². The molecule has 0 aliphatic carbocycles. The van der Waals surface area contributed by atoms with E-state index in [1.165, 1.54) is 11.3 Å². The Hall–Kier alpha value is -3.13. The highest BCUT2D eigenvalue weighted by Crippen LogP contribution is 2.32. The number of hydrogen-bond acceptors (Lipinski definition) is 6. The van der Waals surface area contributed by atoms with Crippen molar-refractivity contribution < 1.29 is 14.3 Å². The van der Waals surface area contributed by atoms with E-state index >= 15 is 0 Å². The Morgan fingerprint density at radius 1 is 1.28 bits per heavy atom. The number of nitrogens with one attached hydrogen (secondary N) is 2. The van der Waals surface area contributed by atoms with Crippen LogP contribution in [0.15, 0.2) is 46.9 Å². The summed E-state index contributed by atoms with van der Waals surface area (Å²) in [6, 6.07) is 10.8. The minimum atomic E-state index is -0.381. The van der Waals surface area contributed by atoms with Gasteiger partial charge < -0.3 is 9.47 Å². The van der Waals surface area contributed by atoms with Gasteiger partial charge in [-0.05, 0) is 35.7 Å². The normalized spacial score (nSPS) is 10.8. The molecule has 3 rings (SSSR count). The number of carbonyl (C=O) groups excluding carboxylic acids is 1. The molecule has 1 amide bonds. The number of carbonyl (C=O) groups is 1. The smallest absolute Gasteiger partial charge is 0.289 e. The largest absolute Gasteiger partial charge is 0.497 e. The molecule has 0 bridgehead atoms. The molecule has 3 aromatic rings. The van der Waals surface area contributed by atoms with E-state index in [4.69, 9.17) is 9.47 Å². The number of methoxy groups -OCH3 is 2. The zero-order valence-corrected chi connectivity index (χ0v) is 14.5. The molecule has 0 spiro atoms. The number of H-pyrrole nitrogens is 1. The summed E-state index contributed by atoms with van der Waals surface area (Å²) < 4.78 is 10.6. The van der Waals surface area contributed by atoms with Crippen LogP contribution in [0.4, 0.5) is 0 Å². The third kappa shape index (κ3) is 3.86. The van der Waals surface area contributed by atoms with Crippen molar-refractivity contribution in [1.29, 1.82) is 0 Å². The highest BCUT2D eigenvalue weighted by Gasteiger charge is 2.14. The van der Waals surface area contributed by atoms with Crippen molar-refractivity contribution in [1.82, 2.24) is 15.6 Å². The highest BCUT2D eigenvalue weighted by atomic mass is 32.1. The molecule has 1 aromatic carbocycles. The monoisotopic (exact) mass is 356 g/mol. The summed E-state index contributed by atoms with van der Waals surface area (Å²) in [5, 5.41) is 12.7. The number of benzene rings is 1. The first kappa shape index (κ1) is 16.7. The van der Waals surface area contributed by atoms with Gasteiger partial charge in [0.05, 0.1) is 26.1 Å². The SMILES string of the molecule is COc1ccc(OC)c(-c2cc(C(=O)N/N=C\c3cccs3)[nH]n2)c1. The molecule has 0 saturated carbocycles. The van der Waals surface area contributed by atoms with Crippen LogP contribution in [0.2, 0.25) is 0 Å². The number of hydrogen-bond donors (Lipinski definition) is 2. The van der Waals surface area contributed by atoms with Crippen LogP contribution in [0.1, 0.15) is 15.4 Å². The second kappa shape index (κ2) is 7.63. The average molecular weight is 356 g/mol. The van der Waals surface area contributed by atoms with E-state index in [1.54, 1.807) is 44.7 Å². The van der Waals surface area contributed by atoms with Crippen LogP contribution < -0.4 is 14.9 Å². The van der Waals surface area contributed by atoms with Crippen molar-refractivity contribution in [2.75, 3.05) is 14.2 Å². The summed E-state index contributed by atoms with van der Waals surface area (Å²) in [6.45, 7) is 0. The Kier molecular flexibility index (Phi) is 5.10. The van der Waals surface area contributed by atoms with Crippen LogP contribution >= 0.6 is 11.3 Å². The van der Waals surface area contributed by atoms with Gasteiger partial charge in [-0.25, -0.2) is 5.43 Å². The van der Waals surface area contributed by atoms with Crippen molar-refractivity contribution in [2.24, 2.45) is 5.10 Å². The molecule has 2 aromatic heterocycles. The van der Waals surface area contributed by atoms with E-state index in [0.717, 1.165) is 10.4 Å². The lowest BCUT2D eigenvalue weighted by atomic mass is 10.1. The van der Waals surface area contributed by atoms with Gasteiger partial charge in [-0.2, -0.15) is 10.2 Å². The molecule has 0 aliphatic heterocycles. The molecular weight excluding hydrogens is 340 g/mol. The van der Waals surface area contributed by atoms with Gasteiger partial charge in [-0.3, -0.25) is 9.89 Å². The number of ether oxygens (including phenoxy) is 2. The molecule has 0 radical (unpaired) electrons.